The van der Waals surface area contributed by atoms with Crippen molar-refractivity contribution in [2.45, 2.75) is 39.8 Å². The minimum absolute atomic E-state index is 0.0119. The van der Waals surface area contributed by atoms with E-state index in [9.17, 15) is 24.5 Å². The molecular weight excluding hydrogens is 662 g/mol. The zero-order valence-corrected chi connectivity index (χ0v) is 28.6. The first kappa shape index (κ1) is 37.4. The molecule has 0 spiro atoms. The summed E-state index contributed by atoms with van der Waals surface area (Å²) in [5, 5.41) is 20.4. The highest BCUT2D eigenvalue weighted by Gasteiger charge is 2.32. The average Bonchev–Trinajstić information content (AvgIpc) is 3.10. The number of allylic oxidation sites excluding steroid dienone is 2. The Hall–Kier alpha value is -6.38. The molecule has 4 rings (SSSR count). The molecule has 1 aliphatic heterocycles. The normalized spacial score (nSPS) is 13.9. The molecule has 51 heavy (non-hydrogen) atoms. The van der Waals surface area contributed by atoms with E-state index < -0.39 is 35.5 Å². The van der Waals surface area contributed by atoms with Gasteiger partial charge in [0, 0.05) is 23.4 Å². The standard InChI is InChI=1S/C36H39N5O10/c1-6-9-26-16-24(17-30(48-7-2)34(26)51-20-23-10-13-27(14-11-23)41(45)46)19-37-40-31(42)21-50-28-15-12-25(18-29(28)47-5)33-32(35(43)49-8-3)22(4)38-36(44)39-33/h6,10-19,33H,1,7-9,20-21H2,2-5H3,(H,40,42)(H2,38,39,44)/b37-19-/t33-/m1/s1. The summed E-state index contributed by atoms with van der Waals surface area (Å²) >= 11 is 0. The number of amides is 3. The van der Waals surface area contributed by atoms with Gasteiger partial charge in [-0.1, -0.05) is 12.1 Å². The first-order chi connectivity index (χ1) is 24.6. The summed E-state index contributed by atoms with van der Waals surface area (Å²) in [6.45, 7) is 9.24. The van der Waals surface area contributed by atoms with Crippen LogP contribution in [0, 0.1) is 10.1 Å². The number of nitro benzene ring substituents is 1. The van der Waals surface area contributed by atoms with Gasteiger partial charge in [0.2, 0.25) is 0 Å². The second kappa shape index (κ2) is 17.9. The lowest BCUT2D eigenvalue weighted by Gasteiger charge is -2.28. The smallest absolute Gasteiger partial charge is 0.338 e. The van der Waals surface area contributed by atoms with Gasteiger partial charge in [0.1, 0.15) is 6.61 Å². The first-order valence-corrected chi connectivity index (χ1v) is 15.9. The Labute approximate surface area is 294 Å². The third-order valence-electron chi connectivity index (χ3n) is 7.40. The van der Waals surface area contributed by atoms with Crippen LogP contribution in [0.2, 0.25) is 0 Å². The van der Waals surface area contributed by atoms with Crippen molar-refractivity contribution in [2.24, 2.45) is 5.10 Å². The molecule has 15 heteroatoms. The van der Waals surface area contributed by atoms with Crippen LogP contribution in [0.5, 0.6) is 23.0 Å². The number of benzene rings is 3. The molecule has 0 bridgehead atoms. The molecule has 1 heterocycles. The molecule has 3 N–H and O–H groups in total. The van der Waals surface area contributed by atoms with E-state index in [-0.39, 0.29) is 36.0 Å². The highest BCUT2D eigenvalue weighted by atomic mass is 16.6. The topological polar surface area (TPSA) is 189 Å². The molecule has 268 valence electrons. The Bertz CT molecular complexity index is 1840. The Morgan fingerprint density at radius 3 is 2.45 bits per heavy atom. The number of hydrogen-bond acceptors (Lipinski definition) is 11. The van der Waals surface area contributed by atoms with E-state index in [1.165, 1.54) is 25.5 Å². The van der Waals surface area contributed by atoms with Crippen molar-refractivity contribution in [3.63, 3.8) is 0 Å². The number of hydrazone groups is 1. The third kappa shape index (κ3) is 9.84. The van der Waals surface area contributed by atoms with Gasteiger partial charge in [0.05, 0.1) is 43.1 Å². The van der Waals surface area contributed by atoms with Gasteiger partial charge in [-0.25, -0.2) is 15.0 Å². The number of carbonyl (C=O) groups excluding carboxylic acids is 3. The lowest BCUT2D eigenvalue weighted by Crippen LogP contribution is -2.45. The summed E-state index contributed by atoms with van der Waals surface area (Å²) in [7, 11) is 1.42. The fourth-order valence-corrected chi connectivity index (χ4v) is 5.12. The number of nitrogens with zero attached hydrogens (tertiary/aromatic N) is 2. The molecule has 0 aromatic heterocycles. The van der Waals surface area contributed by atoms with Crippen molar-refractivity contribution in [3.05, 3.63) is 111 Å². The van der Waals surface area contributed by atoms with Crippen molar-refractivity contribution < 1.29 is 43.0 Å². The number of nitrogens with one attached hydrogen (secondary N) is 3. The van der Waals surface area contributed by atoms with E-state index in [4.69, 9.17) is 23.7 Å². The van der Waals surface area contributed by atoms with Gasteiger partial charge in [0.15, 0.2) is 29.6 Å². The molecule has 3 aromatic carbocycles. The Balaban J connectivity index is 1.42. The molecule has 3 amide bonds. The van der Waals surface area contributed by atoms with Crippen molar-refractivity contribution in [1.82, 2.24) is 16.1 Å². The van der Waals surface area contributed by atoms with Crippen LogP contribution >= 0.6 is 0 Å². The van der Waals surface area contributed by atoms with E-state index in [0.717, 1.165) is 11.1 Å². The molecule has 0 saturated heterocycles. The van der Waals surface area contributed by atoms with Gasteiger partial charge in [-0.15, -0.1) is 6.58 Å². The Morgan fingerprint density at radius 2 is 1.78 bits per heavy atom. The quantitative estimate of drug-likeness (QED) is 0.0566. The van der Waals surface area contributed by atoms with Crippen LogP contribution in [0.15, 0.2) is 83.6 Å². The van der Waals surface area contributed by atoms with E-state index >= 15 is 0 Å². The maximum absolute atomic E-state index is 12.7. The number of methoxy groups -OCH3 is 1. The van der Waals surface area contributed by atoms with Gasteiger partial charge in [0.25, 0.3) is 11.6 Å². The van der Waals surface area contributed by atoms with Crippen LogP contribution in [0.1, 0.15) is 49.1 Å². The second-order valence-electron chi connectivity index (χ2n) is 10.9. The lowest BCUT2D eigenvalue weighted by molar-refractivity contribution is -0.384. The molecule has 0 saturated carbocycles. The van der Waals surface area contributed by atoms with Crippen molar-refractivity contribution in [3.8, 4) is 23.0 Å². The zero-order valence-electron chi connectivity index (χ0n) is 28.6. The van der Waals surface area contributed by atoms with E-state index in [2.05, 4.69) is 27.7 Å². The van der Waals surface area contributed by atoms with E-state index in [1.807, 2.05) is 13.0 Å². The van der Waals surface area contributed by atoms with Crippen LogP contribution in [-0.4, -0.2) is 56.0 Å². The Morgan fingerprint density at radius 1 is 1.02 bits per heavy atom. The molecule has 0 fully saturated rings. The zero-order chi connectivity index (χ0) is 36.9. The van der Waals surface area contributed by atoms with Crippen LogP contribution in [0.4, 0.5) is 10.5 Å². The summed E-state index contributed by atoms with van der Waals surface area (Å²) in [5.41, 5.74) is 5.69. The predicted molar refractivity (Wildman–Crippen MR) is 187 cm³/mol. The lowest BCUT2D eigenvalue weighted by atomic mass is 9.95. The van der Waals surface area contributed by atoms with Crippen molar-refractivity contribution in [2.75, 3.05) is 26.9 Å². The minimum atomic E-state index is -0.802. The average molecular weight is 702 g/mol. The molecular formula is C36H39N5O10. The molecule has 1 atom stereocenters. The number of hydrogen-bond donors (Lipinski definition) is 3. The fraction of sp³-hybridized carbons (Fsp3) is 0.278. The molecule has 0 aliphatic carbocycles. The largest absolute Gasteiger partial charge is 0.493 e. The fourth-order valence-electron chi connectivity index (χ4n) is 5.12. The number of esters is 1. The predicted octanol–water partition coefficient (Wildman–Crippen LogP) is 5.03. The number of non-ortho nitro benzene ring substituents is 1. The third-order valence-corrected chi connectivity index (χ3v) is 7.40. The summed E-state index contributed by atoms with van der Waals surface area (Å²) in [4.78, 5) is 48.0. The van der Waals surface area contributed by atoms with Crippen LogP contribution in [-0.2, 0) is 27.4 Å². The summed E-state index contributed by atoms with van der Waals surface area (Å²) < 4.78 is 28.3. The molecule has 0 unspecified atom stereocenters. The number of carbonyl (C=O) groups is 3. The summed E-state index contributed by atoms with van der Waals surface area (Å²) in [5.74, 6) is 0.347. The highest BCUT2D eigenvalue weighted by Crippen LogP contribution is 2.36. The number of nitro groups is 1. The van der Waals surface area contributed by atoms with Crippen LogP contribution < -0.4 is 35.0 Å². The van der Waals surface area contributed by atoms with Crippen LogP contribution in [0.3, 0.4) is 0 Å². The van der Waals surface area contributed by atoms with Gasteiger partial charge < -0.3 is 34.3 Å². The number of rotatable bonds is 17. The van der Waals surface area contributed by atoms with E-state index in [0.29, 0.717) is 41.4 Å². The van der Waals surface area contributed by atoms with Gasteiger partial charge in [-0.2, -0.15) is 5.10 Å². The molecule has 3 aromatic rings. The van der Waals surface area contributed by atoms with Gasteiger partial charge in [-0.3, -0.25) is 14.9 Å². The van der Waals surface area contributed by atoms with Gasteiger partial charge >= 0.3 is 12.0 Å². The Kier molecular flexibility index (Phi) is 13.1. The second-order valence-corrected chi connectivity index (χ2v) is 10.9. The highest BCUT2D eigenvalue weighted by molar-refractivity contribution is 5.95. The summed E-state index contributed by atoms with van der Waals surface area (Å²) in [6.07, 6.45) is 3.61. The SMILES string of the molecule is C=CCc1cc(/C=N\NC(=O)COc2ccc([C@H]3NC(=O)NC(C)=C3C(=O)OCC)cc2OC)cc(OCC)c1OCc1ccc([N+](=O)[O-])cc1. The maximum atomic E-state index is 12.7. The first-order valence-electron chi connectivity index (χ1n) is 15.9. The number of urea groups is 1. The molecule has 1 aliphatic rings. The van der Waals surface area contributed by atoms with Crippen molar-refractivity contribution in [1.29, 1.82) is 0 Å². The van der Waals surface area contributed by atoms with Gasteiger partial charge in [-0.05, 0) is 80.3 Å². The number of ether oxygens (including phenoxy) is 5. The summed E-state index contributed by atoms with van der Waals surface area (Å²) in [6, 6.07) is 13.2. The van der Waals surface area contributed by atoms with E-state index in [1.54, 1.807) is 56.3 Å². The minimum Gasteiger partial charge on any atom is -0.493 e. The monoisotopic (exact) mass is 701 g/mol. The molecule has 0 radical (unpaired) electrons. The maximum Gasteiger partial charge on any atom is 0.338 e. The molecule has 15 nitrogen and oxygen atoms in total. The van der Waals surface area contributed by atoms with Crippen LogP contribution in [0.25, 0.3) is 0 Å². The van der Waals surface area contributed by atoms with Crippen molar-refractivity contribution >= 4 is 29.8 Å².